The lowest BCUT2D eigenvalue weighted by Gasteiger charge is -2.74. The van der Waals surface area contributed by atoms with Gasteiger partial charge in [-0.3, -0.25) is 4.79 Å². The van der Waals surface area contributed by atoms with E-state index in [2.05, 4.69) is 19.6 Å². The third kappa shape index (κ3) is 0.757. The molecule has 0 aromatic heterocycles. The predicted octanol–water partition coefficient (Wildman–Crippen LogP) is 2.93. The molecule has 2 heteroatoms. The van der Waals surface area contributed by atoms with Crippen molar-refractivity contribution in [3.63, 3.8) is 0 Å². The summed E-state index contributed by atoms with van der Waals surface area (Å²) in [7, 11) is 0. The summed E-state index contributed by atoms with van der Waals surface area (Å²) in [6.45, 7) is 7.81. The molecular formula is C15H20O2. The number of rotatable bonds is 2. The summed E-state index contributed by atoms with van der Waals surface area (Å²) < 4.78 is 5.75. The van der Waals surface area contributed by atoms with Gasteiger partial charge in [0.05, 0.1) is 0 Å². The van der Waals surface area contributed by atoms with Crippen LogP contribution in [-0.4, -0.2) is 11.6 Å². The van der Waals surface area contributed by atoms with Gasteiger partial charge in [-0.05, 0) is 49.4 Å². The highest BCUT2D eigenvalue weighted by molar-refractivity contribution is 5.67. The number of hydrogen-bond acceptors (Lipinski definition) is 2. The van der Waals surface area contributed by atoms with Crippen LogP contribution in [0, 0.1) is 28.6 Å². The molecule has 0 aromatic rings. The Morgan fingerprint density at radius 2 is 2.06 bits per heavy atom. The summed E-state index contributed by atoms with van der Waals surface area (Å²) in [6.07, 6.45) is 7.32. The van der Waals surface area contributed by atoms with Gasteiger partial charge in [-0.25, -0.2) is 0 Å². The minimum atomic E-state index is -0.171. The number of hydrogen-bond donors (Lipinski definition) is 0. The summed E-state index contributed by atoms with van der Waals surface area (Å²) >= 11 is 0. The molecule has 92 valence electrons. The Balaban J connectivity index is 1.75. The van der Waals surface area contributed by atoms with Crippen LogP contribution in [0.5, 0.6) is 0 Å². The smallest absolute Gasteiger partial charge is 0.303 e. The quantitative estimate of drug-likeness (QED) is 0.540. The zero-order chi connectivity index (χ0) is 12.1. The summed E-state index contributed by atoms with van der Waals surface area (Å²) in [5.41, 5.74) is 0.712. The Morgan fingerprint density at radius 3 is 2.65 bits per heavy atom. The van der Waals surface area contributed by atoms with Crippen molar-refractivity contribution in [1.82, 2.24) is 0 Å². The van der Waals surface area contributed by atoms with Gasteiger partial charge in [0, 0.05) is 18.8 Å². The van der Waals surface area contributed by atoms with Crippen molar-refractivity contribution in [3.05, 3.63) is 12.7 Å². The van der Waals surface area contributed by atoms with E-state index < -0.39 is 0 Å². The standard InChI is InChI=1S/C15H20O2/c1-4-14-6-10-5-12-13(3,17-9(2)16)11(7-14)8-15(10,12)14/h4,10-12H,1,5-8H2,2-3H3. The maximum absolute atomic E-state index is 11.4. The second-order valence-corrected chi connectivity index (χ2v) is 6.97. The van der Waals surface area contributed by atoms with Crippen LogP contribution in [0.4, 0.5) is 0 Å². The molecule has 1 spiro atoms. The largest absolute Gasteiger partial charge is 0.459 e. The van der Waals surface area contributed by atoms with Gasteiger partial charge in [0.25, 0.3) is 0 Å². The molecule has 17 heavy (non-hydrogen) atoms. The number of esters is 1. The van der Waals surface area contributed by atoms with E-state index in [1.165, 1.54) is 25.7 Å². The van der Waals surface area contributed by atoms with Crippen molar-refractivity contribution in [2.75, 3.05) is 0 Å². The summed E-state index contributed by atoms with van der Waals surface area (Å²) in [5.74, 6) is 1.97. The third-order valence-corrected chi connectivity index (χ3v) is 6.86. The molecule has 4 aliphatic rings. The molecule has 6 unspecified atom stereocenters. The van der Waals surface area contributed by atoms with Crippen LogP contribution in [0.25, 0.3) is 0 Å². The Labute approximate surface area is 102 Å². The Hall–Kier alpha value is -0.790. The van der Waals surface area contributed by atoms with Crippen LogP contribution in [-0.2, 0) is 9.53 Å². The lowest BCUT2D eigenvalue weighted by molar-refractivity contribution is -0.273. The molecule has 2 nitrogen and oxygen atoms in total. The van der Waals surface area contributed by atoms with Crippen molar-refractivity contribution in [2.45, 2.75) is 45.1 Å². The van der Waals surface area contributed by atoms with Crippen LogP contribution >= 0.6 is 0 Å². The van der Waals surface area contributed by atoms with Gasteiger partial charge in [0.1, 0.15) is 5.60 Å². The number of ether oxygens (including phenoxy) is 1. The lowest BCUT2D eigenvalue weighted by Crippen LogP contribution is -2.71. The first-order valence-corrected chi connectivity index (χ1v) is 6.82. The van der Waals surface area contributed by atoms with Crippen molar-refractivity contribution in [3.8, 4) is 0 Å². The van der Waals surface area contributed by atoms with Crippen LogP contribution in [0.3, 0.4) is 0 Å². The van der Waals surface area contributed by atoms with Crippen molar-refractivity contribution < 1.29 is 9.53 Å². The molecule has 0 aromatic carbocycles. The van der Waals surface area contributed by atoms with Crippen LogP contribution < -0.4 is 0 Å². The van der Waals surface area contributed by atoms with Gasteiger partial charge in [-0.15, -0.1) is 6.58 Å². The predicted molar refractivity (Wildman–Crippen MR) is 64.2 cm³/mol. The summed E-state index contributed by atoms with van der Waals surface area (Å²) in [5, 5.41) is 0. The van der Waals surface area contributed by atoms with Gasteiger partial charge in [-0.1, -0.05) is 6.08 Å². The van der Waals surface area contributed by atoms with Gasteiger partial charge < -0.3 is 4.74 Å². The summed E-state index contributed by atoms with van der Waals surface area (Å²) in [6, 6.07) is 0. The number of fused-ring (bicyclic) bond motifs is 1. The zero-order valence-corrected chi connectivity index (χ0v) is 10.7. The maximum atomic E-state index is 11.4. The summed E-state index contributed by atoms with van der Waals surface area (Å²) in [4.78, 5) is 11.4. The Kier molecular flexibility index (Phi) is 1.48. The van der Waals surface area contributed by atoms with E-state index in [4.69, 9.17) is 4.74 Å². The van der Waals surface area contributed by atoms with E-state index in [-0.39, 0.29) is 11.6 Å². The first kappa shape index (κ1) is 10.2. The molecule has 4 aliphatic carbocycles. The molecule has 0 heterocycles. The molecule has 4 fully saturated rings. The molecule has 0 amide bonds. The zero-order valence-electron chi connectivity index (χ0n) is 10.7. The second-order valence-electron chi connectivity index (χ2n) is 6.97. The molecule has 6 atom stereocenters. The van der Waals surface area contributed by atoms with Gasteiger partial charge in [0.2, 0.25) is 0 Å². The Morgan fingerprint density at radius 1 is 1.35 bits per heavy atom. The average Bonchev–Trinajstić information content (AvgIpc) is 2.66. The SMILES string of the molecule is C=CC12CC3CC14C(CC4C3(C)OC(C)=O)C2. The molecule has 4 saturated carbocycles. The van der Waals surface area contributed by atoms with Crippen LogP contribution in [0.2, 0.25) is 0 Å². The van der Waals surface area contributed by atoms with Gasteiger partial charge >= 0.3 is 5.97 Å². The first-order valence-electron chi connectivity index (χ1n) is 6.82. The van der Waals surface area contributed by atoms with Crippen molar-refractivity contribution >= 4 is 5.97 Å². The van der Waals surface area contributed by atoms with Crippen LogP contribution in [0.1, 0.15) is 39.5 Å². The van der Waals surface area contributed by atoms with E-state index in [1.54, 1.807) is 6.92 Å². The molecule has 0 aliphatic heterocycles. The van der Waals surface area contributed by atoms with E-state index in [1.807, 2.05) is 0 Å². The van der Waals surface area contributed by atoms with E-state index in [0.717, 1.165) is 5.92 Å². The first-order chi connectivity index (χ1) is 7.98. The molecular weight excluding hydrogens is 212 g/mol. The Bertz CT molecular complexity index is 442. The molecule has 0 saturated heterocycles. The number of carbonyl (C=O) groups is 1. The fourth-order valence-corrected chi connectivity index (χ4v) is 6.31. The number of carbonyl (C=O) groups excluding carboxylic acids is 1. The molecule has 0 N–H and O–H groups in total. The second kappa shape index (κ2) is 2.48. The topological polar surface area (TPSA) is 26.3 Å². The van der Waals surface area contributed by atoms with E-state index in [9.17, 15) is 4.79 Å². The highest BCUT2D eigenvalue weighted by Crippen LogP contribution is 2.89. The van der Waals surface area contributed by atoms with Gasteiger partial charge in [0.15, 0.2) is 0 Å². The van der Waals surface area contributed by atoms with Crippen LogP contribution in [0.15, 0.2) is 12.7 Å². The fourth-order valence-electron chi connectivity index (χ4n) is 6.31. The minimum absolute atomic E-state index is 0.108. The fraction of sp³-hybridized carbons (Fsp3) is 0.800. The van der Waals surface area contributed by atoms with Crippen molar-refractivity contribution in [1.29, 1.82) is 0 Å². The maximum Gasteiger partial charge on any atom is 0.303 e. The normalized spacial score (nSPS) is 61.2. The highest BCUT2D eigenvalue weighted by atomic mass is 16.6. The average molecular weight is 232 g/mol. The van der Waals surface area contributed by atoms with E-state index in [0.29, 0.717) is 22.7 Å². The number of allylic oxidation sites excluding steroid dienone is 1. The van der Waals surface area contributed by atoms with E-state index >= 15 is 0 Å². The monoisotopic (exact) mass is 232 g/mol. The van der Waals surface area contributed by atoms with Gasteiger partial charge in [-0.2, -0.15) is 0 Å². The molecule has 4 rings (SSSR count). The molecule has 2 bridgehead atoms. The lowest BCUT2D eigenvalue weighted by atomic mass is 9.30. The third-order valence-electron chi connectivity index (χ3n) is 6.86. The minimum Gasteiger partial charge on any atom is -0.459 e. The van der Waals surface area contributed by atoms with Crippen molar-refractivity contribution in [2.24, 2.45) is 28.6 Å². The highest BCUT2D eigenvalue weighted by Gasteiger charge is 2.85. The molecule has 0 radical (unpaired) electrons.